The first-order chi connectivity index (χ1) is 11.3. The van der Waals surface area contributed by atoms with Crippen LogP contribution in [0.3, 0.4) is 0 Å². The monoisotopic (exact) mass is 295 g/mol. The van der Waals surface area contributed by atoms with Crippen molar-refractivity contribution in [3.05, 3.63) is 83.0 Å². The van der Waals surface area contributed by atoms with Crippen LogP contribution in [0.4, 0.5) is 0 Å². The van der Waals surface area contributed by atoms with E-state index >= 15 is 0 Å². The Hall–Kier alpha value is -3.13. The van der Waals surface area contributed by atoms with Crippen molar-refractivity contribution in [3.63, 3.8) is 0 Å². The van der Waals surface area contributed by atoms with Gasteiger partial charge in [-0.1, -0.05) is 42.5 Å². The fraction of sp³-hybridized carbons (Fsp3) is 0. The van der Waals surface area contributed by atoms with Crippen molar-refractivity contribution in [1.29, 1.82) is 0 Å². The highest BCUT2D eigenvalue weighted by atomic mass is 16.1. The molecule has 0 spiro atoms. The van der Waals surface area contributed by atoms with Gasteiger partial charge in [0.25, 0.3) is 0 Å². The summed E-state index contributed by atoms with van der Waals surface area (Å²) >= 11 is 0. The van der Waals surface area contributed by atoms with Crippen LogP contribution in [-0.4, -0.2) is 4.98 Å². The highest BCUT2D eigenvalue weighted by molar-refractivity contribution is 6.13. The molecule has 0 aliphatic heterocycles. The molecule has 0 radical (unpaired) electrons. The third-order valence-electron chi connectivity index (χ3n) is 4.55. The van der Waals surface area contributed by atoms with Crippen molar-refractivity contribution < 1.29 is 0 Å². The van der Waals surface area contributed by atoms with Gasteiger partial charge in [0.1, 0.15) is 0 Å². The molecule has 5 rings (SSSR count). The molecule has 23 heavy (non-hydrogen) atoms. The smallest absolute Gasteiger partial charge is 0.197 e. The summed E-state index contributed by atoms with van der Waals surface area (Å²) in [4.78, 5) is 16.4. The second kappa shape index (κ2) is 4.43. The second-order valence-electron chi connectivity index (χ2n) is 5.91. The van der Waals surface area contributed by atoms with Crippen molar-refractivity contribution in [2.24, 2.45) is 0 Å². The number of H-pyrrole nitrogens is 1. The molecular formula is C21H13NO. The number of fused-ring (bicyclic) bond motifs is 5. The zero-order valence-electron chi connectivity index (χ0n) is 12.3. The maximum atomic E-state index is 13.0. The molecule has 0 atom stereocenters. The molecule has 0 aliphatic carbocycles. The molecule has 2 nitrogen and oxygen atoms in total. The summed E-state index contributed by atoms with van der Waals surface area (Å²) in [6.07, 6.45) is 0. The van der Waals surface area contributed by atoms with Gasteiger partial charge in [-0.25, -0.2) is 0 Å². The van der Waals surface area contributed by atoms with E-state index in [0.717, 1.165) is 38.0 Å². The van der Waals surface area contributed by atoms with Crippen LogP contribution in [-0.2, 0) is 0 Å². The number of hydrogen-bond donors (Lipinski definition) is 1. The number of rotatable bonds is 0. The molecule has 0 bridgehead atoms. The molecule has 0 amide bonds. The van der Waals surface area contributed by atoms with E-state index in [0.29, 0.717) is 0 Å². The third kappa shape index (κ3) is 1.72. The molecule has 0 saturated carbocycles. The van der Waals surface area contributed by atoms with Crippen LogP contribution in [0.15, 0.2) is 77.6 Å². The number of aromatic amines is 1. The Morgan fingerprint density at radius 3 is 2.22 bits per heavy atom. The van der Waals surface area contributed by atoms with E-state index < -0.39 is 0 Å². The first-order valence-electron chi connectivity index (χ1n) is 7.67. The average Bonchev–Trinajstić information content (AvgIpc) is 2.60. The van der Waals surface area contributed by atoms with E-state index in [-0.39, 0.29) is 5.43 Å². The van der Waals surface area contributed by atoms with Gasteiger partial charge in [0.2, 0.25) is 0 Å². The minimum atomic E-state index is 0.0928. The Morgan fingerprint density at radius 2 is 1.35 bits per heavy atom. The topological polar surface area (TPSA) is 32.9 Å². The number of benzene rings is 4. The molecule has 0 fully saturated rings. The van der Waals surface area contributed by atoms with Crippen molar-refractivity contribution in [2.75, 3.05) is 0 Å². The lowest BCUT2D eigenvalue weighted by Crippen LogP contribution is -2.04. The lowest BCUT2D eigenvalue weighted by molar-refractivity contribution is 1.49. The molecule has 1 heterocycles. The molecule has 2 heteroatoms. The highest BCUT2D eigenvalue weighted by Crippen LogP contribution is 2.28. The Balaban J connectivity index is 2.08. The molecule has 5 aromatic rings. The number of hydrogen-bond acceptors (Lipinski definition) is 1. The molecule has 0 aliphatic rings. The fourth-order valence-corrected chi connectivity index (χ4v) is 3.43. The van der Waals surface area contributed by atoms with Gasteiger partial charge in [-0.2, -0.15) is 0 Å². The Bertz CT molecular complexity index is 1280. The first kappa shape index (κ1) is 12.4. The van der Waals surface area contributed by atoms with Crippen LogP contribution in [0.25, 0.3) is 43.4 Å². The van der Waals surface area contributed by atoms with E-state index in [1.54, 1.807) is 0 Å². The Morgan fingerprint density at radius 1 is 0.609 bits per heavy atom. The fourth-order valence-electron chi connectivity index (χ4n) is 3.43. The molecule has 1 N–H and O–H groups in total. The quantitative estimate of drug-likeness (QED) is 0.317. The molecule has 0 unspecified atom stereocenters. The van der Waals surface area contributed by atoms with Crippen LogP contribution < -0.4 is 5.43 Å². The van der Waals surface area contributed by atoms with Crippen LogP contribution >= 0.6 is 0 Å². The van der Waals surface area contributed by atoms with Crippen molar-refractivity contribution in [3.8, 4) is 0 Å². The summed E-state index contributed by atoms with van der Waals surface area (Å²) in [6, 6.07) is 24.3. The van der Waals surface area contributed by atoms with Crippen molar-refractivity contribution in [1.82, 2.24) is 4.98 Å². The van der Waals surface area contributed by atoms with Crippen LogP contribution in [0, 0.1) is 0 Å². The van der Waals surface area contributed by atoms with Crippen LogP contribution in [0.1, 0.15) is 0 Å². The highest BCUT2D eigenvalue weighted by Gasteiger charge is 2.09. The largest absolute Gasteiger partial charge is 0.354 e. The third-order valence-corrected chi connectivity index (χ3v) is 4.55. The number of aromatic nitrogens is 1. The van der Waals surface area contributed by atoms with E-state index in [1.165, 1.54) is 5.39 Å². The summed E-state index contributed by atoms with van der Waals surface area (Å²) in [6.45, 7) is 0. The van der Waals surface area contributed by atoms with Gasteiger partial charge in [0.05, 0.1) is 10.9 Å². The number of pyridine rings is 1. The van der Waals surface area contributed by atoms with Crippen molar-refractivity contribution in [2.45, 2.75) is 0 Å². The molecule has 108 valence electrons. The predicted molar refractivity (Wildman–Crippen MR) is 97.1 cm³/mol. The van der Waals surface area contributed by atoms with Crippen LogP contribution in [0.2, 0.25) is 0 Å². The van der Waals surface area contributed by atoms with E-state index in [9.17, 15) is 4.79 Å². The lowest BCUT2D eigenvalue weighted by Gasteiger charge is -2.08. The van der Waals surface area contributed by atoms with Gasteiger partial charge in [-0.05, 0) is 51.9 Å². The number of nitrogens with one attached hydrogen (secondary N) is 1. The van der Waals surface area contributed by atoms with Gasteiger partial charge in [-0.3, -0.25) is 4.79 Å². The minimum absolute atomic E-state index is 0.0928. The average molecular weight is 295 g/mol. The molecule has 1 aromatic heterocycles. The minimum Gasteiger partial charge on any atom is -0.354 e. The predicted octanol–water partition coefficient (Wildman–Crippen LogP) is 4.99. The first-order valence-corrected chi connectivity index (χ1v) is 7.67. The molecule has 4 aromatic carbocycles. The zero-order valence-corrected chi connectivity index (χ0v) is 12.3. The summed E-state index contributed by atoms with van der Waals surface area (Å²) < 4.78 is 0. The SMILES string of the molecule is O=c1c2ccccc2[nH]c2ccc3cc4ccccc4cc3c12. The van der Waals surface area contributed by atoms with E-state index in [1.807, 2.05) is 42.5 Å². The van der Waals surface area contributed by atoms with Gasteiger partial charge >= 0.3 is 0 Å². The lowest BCUT2D eigenvalue weighted by atomic mass is 9.99. The summed E-state index contributed by atoms with van der Waals surface area (Å²) in [5.74, 6) is 0. The van der Waals surface area contributed by atoms with Crippen molar-refractivity contribution >= 4 is 43.4 Å². The van der Waals surface area contributed by atoms with Gasteiger partial charge in [0, 0.05) is 10.9 Å². The number of para-hydroxylation sites is 1. The maximum Gasteiger partial charge on any atom is 0.197 e. The zero-order chi connectivity index (χ0) is 15.4. The van der Waals surface area contributed by atoms with Gasteiger partial charge < -0.3 is 4.98 Å². The van der Waals surface area contributed by atoms with Crippen LogP contribution in [0.5, 0.6) is 0 Å². The molecular weight excluding hydrogens is 282 g/mol. The normalized spacial score (nSPS) is 11.7. The summed E-state index contributed by atoms with van der Waals surface area (Å²) in [5, 5.41) is 5.95. The standard InChI is InChI=1S/C21H13NO/c23-21-16-7-3-4-8-18(16)22-19-10-9-15-11-13-5-1-2-6-14(13)12-17(15)20(19)21/h1-12H,(H,22,23). The summed E-state index contributed by atoms with van der Waals surface area (Å²) in [7, 11) is 0. The maximum absolute atomic E-state index is 13.0. The summed E-state index contributed by atoms with van der Waals surface area (Å²) in [5.41, 5.74) is 1.86. The Labute approximate surface area is 132 Å². The van der Waals surface area contributed by atoms with Gasteiger partial charge in [-0.15, -0.1) is 0 Å². The second-order valence-corrected chi connectivity index (χ2v) is 5.91. The molecule has 0 saturated heterocycles. The van der Waals surface area contributed by atoms with E-state index in [4.69, 9.17) is 0 Å². The van der Waals surface area contributed by atoms with Gasteiger partial charge in [0.15, 0.2) is 5.43 Å². The van der Waals surface area contributed by atoms with E-state index in [2.05, 4.69) is 35.3 Å². The Kier molecular flexibility index (Phi) is 2.39.